The number of nitrogens with one attached hydrogen (secondary N) is 4. The van der Waals surface area contributed by atoms with Crippen LogP contribution in [-0.2, 0) is 29.0 Å². The summed E-state index contributed by atoms with van der Waals surface area (Å²) in [4.78, 5) is 70.5. The minimum absolute atomic E-state index is 0.00636. The Balaban J connectivity index is 1.39. The van der Waals surface area contributed by atoms with Gasteiger partial charge in [0.15, 0.2) is 9.84 Å². The van der Waals surface area contributed by atoms with Crippen LogP contribution in [0.4, 0.5) is 4.79 Å². The van der Waals surface area contributed by atoms with Gasteiger partial charge in [-0.15, -0.1) is 6.58 Å². The van der Waals surface area contributed by atoms with Gasteiger partial charge in [-0.3, -0.25) is 19.2 Å². The average Bonchev–Trinajstić information content (AvgIpc) is 4.00. The highest BCUT2D eigenvalue weighted by atomic mass is 32.2. The number of carbonyl (C=O) groups is 5. The molecule has 1 aromatic carbocycles. The van der Waals surface area contributed by atoms with Gasteiger partial charge in [-0.1, -0.05) is 89.3 Å². The zero-order valence-electron chi connectivity index (χ0n) is 32.2. The minimum atomic E-state index is -3.58. The van der Waals surface area contributed by atoms with Crippen molar-refractivity contribution in [3.8, 4) is 0 Å². The Labute approximate surface area is 315 Å². The molecule has 4 fully saturated rings. The number of likely N-dealkylation sites (tertiary alicyclic amines) is 1. The summed E-state index contributed by atoms with van der Waals surface area (Å²) in [7, 11) is -3.58. The second kappa shape index (κ2) is 15.5. The van der Waals surface area contributed by atoms with Crippen molar-refractivity contribution in [3.63, 3.8) is 0 Å². The zero-order chi connectivity index (χ0) is 38.9. The van der Waals surface area contributed by atoms with Crippen LogP contribution < -0.4 is 21.3 Å². The van der Waals surface area contributed by atoms with Crippen molar-refractivity contribution in [2.75, 3.05) is 18.8 Å². The van der Waals surface area contributed by atoms with Gasteiger partial charge in [0, 0.05) is 19.0 Å². The first kappa shape index (κ1) is 40.4. The third kappa shape index (κ3) is 9.32. The van der Waals surface area contributed by atoms with Gasteiger partial charge in [0.2, 0.25) is 17.6 Å². The van der Waals surface area contributed by atoms with E-state index in [1.54, 1.807) is 20.8 Å². The lowest BCUT2D eigenvalue weighted by atomic mass is 9.83. The third-order valence-corrected chi connectivity index (χ3v) is 14.4. The fraction of sp³-hybridized carbons (Fsp3) is 0.675. The fourth-order valence-corrected chi connectivity index (χ4v) is 9.75. The summed E-state index contributed by atoms with van der Waals surface area (Å²) >= 11 is 0. The average molecular weight is 754 g/mol. The molecule has 1 aromatic rings. The largest absolute Gasteiger partial charge is 0.346 e. The van der Waals surface area contributed by atoms with E-state index in [0.29, 0.717) is 19.3 Å². The Morgan fingerprint density at radius 1 is 0.962 bits per heavy atom. The summed E-state index contributed by atoms with van der Waals surface area (Å²) in [6, 6.07) is 6.18. The van der Waals surface area contributed by atoms with Crippen LogP contribution in [0, 0.1) is 23.2 Å². The van der Waals surface area contributed by atoms with E-state index in [0.717, 1.165) is 37.7 Å². The first-order chi connectivity index (χ1) is 24.8. The van der Waals surface area contributed by atoms with E-state index in [4.69, 9.17) is 0 Å². The predicted molar refractivity (Wildman–Crippen MR) is 203 cm³/mol. The topological polar surface area (TPSA) is 171 Å². The van der Waals surface area contributed by atoms with E-state index in [1.165, 1.54) is 11.0 Å². The lowest BCUT2D eigenvalue weighted by Gasteiger charge is -2.41. The van der Waals surface area contributed by atoms with Crippen LogP contribution in [-0.4, -0.2) is 90.1 Å². The summed E-state index contributed by atoms with van der Waals surface area (Å²) in [5.74, 6) is -2.61. The number of nitrogens with zero attached hydrogens (tertiary/aromatic N) is 1. The highest BCUT2D eigenvalue weighted by molar-refractivity contribution is 7.92. The van der Waals surface area contributed by atoms with Crippen molar-refractivity contribution in [1.29, 1.82) is 0 Å². The van der Waals surface area contributed by atoms with Gasteiger partial charge in [-0.05, 0) is 68.8 Å². The molecule has 1 aliphatic heterocycles. The van der Waals surface area contributed by atoms with E-state index in [1.807, 2.05) is 51.1 Å². The summed E-state index contributed by atoms with van der Waals surface area (Å²) in [6.07, 6.45) is 7.14. The molecule has 5 rings (SSSR count). The van der Waals surface area contributed by atoms with E-state index in [-0.39, 0.29) is 42.5 Å². The summed E-state index contributed by atoms with van der Waals surface area (Å²) < 4.78 is 25.8. The van der Waals surface area contributed by atoms with Crippen LogP contribution in [0.15, 0.2) is 43.0 Å². The number of carbonyl (C=O) groups excluding carboxylic acids is 5. The maximum atomic E-state index is 14.7. The molecule has 1 saturated heterocycles. The van der Waals surface area contributed by atoms with Crippen LogP contribution in [0.5, 0.6) is 0 Å². The molecule has 3 unspecified atom stereocenters. The molecule has 4 aliphatic rings. The molecule has 6 atom stereocenters. The second-order valence-electron chi connectivity index (χ2n) is 17.8. The van der Waals surface area contributed by atoms with Crippen LogP contribution in [0.25, 0.3) is 0 Å². The van der Waals surface area contributed by atoms with E-state index in [2.05, 4.69) is 27.8 Å². The van der Waals surface area contributed by atoms with Crippen molar-refractivity contribution in [3.05, 3.63) is 48.6 Å². The number of amides is 5. The molecule has 3 saturated carbocycles. The molecule has 0 radical (unpaired) electrons. The number of benzene rings is 1. The lowest BCUT2D eigenvalue weighted by molar-refractivity contribution is -0.144. The molecular weight excluding hydrogens is 695 g/mol. The molecule has 0 bridgehead atoms. The fourth-order valence-electron chi connectivity index (χ4n) is 8.23. The summed E-state index contributed by atoms with van der Waals surface area (Å²) in [5, 5.41) is 11.3. The van der Waals surface area contributed by atoms with Crippen molar-refractivity contribution in [1.82, 2.24) is 26.2 Å². The molecule has 13 heteroatoms. The van der Waals surface area contributed by atoms with Crippen molar-refractivity contribution >= 4 is 39.4 Å². The highest BCUT2D eigenvalue weighted by Gasteiger charge is 2.65. The number of fused-ring (bicyclic) bond motifs is 1. The van der Waals surface area contributed by atoms with Crippen LogP contribution in [0.2, 0.25) is 0 Å². The van der Waals surface area contributed by atoms with Crippen LogP contribution >= 0.6 is 0 Å². The van der Waals surface area contributed by atoms with Gasteiger partial charge in [-0.2, -0.15) is 0 Å². The second-order valence-corrected chi connectivity index (χ2v) is 20.6. The molecule has 292 valence electrons. The van der Waals surface area contributed by atoms with Gasteiger partial charge < -0.3 is 26.2 Å². The first-order valence-electron chi connectivity index (χ1n) is 19.2. The number of ketones is 1. The van der Waals surface area contributed by atoms with Crippen molar-refractivity contribution in [2.24, 2.45) is 23.2 Å². The Bertz CT molecular complexity index is 1670. The Morgan fingerprint density at radius 3 is 2.17 bits per heavy atom. The standard InChI is InChI=1S/C40H59N5O7S/c1-8-21-41-35(48)32(46)28(22-25-17-18-25)42-34(47)31-30-27(29(30)26-15-11-9-12-16-26)23-45(31)36(49)33(38(2,3)4)43-37(50)44-40(19-13-10-14-20-40)24-53(51,52)39(5,6)7/h8-9,11-12,15-16,25,27-31,33H,1,10,13-14,17-24H2,2-7H3,(H,41,48)(H,42,47)(H2,43,44,50)/t27?,28?,29?,30-,31+,33-/m1/s1. The number of hydrogen-bond donors (Lipinski definition) is 4. The number of rotatable bonds is 14. The van der Waals surface area contributed by atoms with Gasteiger partial charge in [0.1, 0.15) is 12.1 Å². The Hall–Kier alpha value is -3.74. The molecular formula is C40H59N5O7S. The first-order valence-corrected chi connectivity index (χ1v) is 20.8. The molecule has 4 N–H and O–H groups in total. The lowest BCUT2D eigenvalue weighted by Crippen LogP contribution is -2.64. The molecule has 0 spiro atoms. The van der Waals surface area contributed by atoms with E-state index < -0.39 is 73.2 Å². The molecule has 5 amide bonds. The number of hydrogen-bond acceptors (Lipinski definition) is 7. The van der Waals surface area contributed by atoms with Gasteiger partial charge in [0.05, 0.1) is 22.1 Å². The van der Waals surface area contributed by atoms with E-state index in [9.17, 15) is 32.4 Å². The monoisotopic (exact) mass is 753 g/mol. The SMILES string of the molecule is C=CCNC(=O)C(=O)C(CC1CC1)NC(=O)[C@@H]1[C@@H]2C(CN1C(=O)[C@@H](NC(=O)NC1(CS(=O)(=O)C(C)(C)C)CCCCC1)C(C)(C)C)C2c1ccccc1. The van der Waals surface area contributed by atoms with Gasteiger partial charge in [-0.25, -0.2) is 13.2 Å². The van der Waals surface area contributed by atoms with Gasteiger partial charge >= 0.3 is 6.03 Å². The molecule has 12 nitrogen and oxygen atoms in total. The molecule has 1 heterocycles. The number of Topliss-reactive ketones (excluding diaryl/α,β-unsaturated/α-hetero) is 1. The highest BCUT2D eigenvalue weighted by Crippen LogP contribution is 2.61. The summed E-state index contributed by atoms with van der Waals surface area (Å²) in [6.45, 7) is 14.5. The molecule has 53 heavy (non-hydrogen) atoms. The maximum absolute atomic E-state index is 14.7. The number of urea groups is 1. The maximum Gasteiger partial charge on any atom is 0.315 e. The zero-order valence-corrected chi connectivity index (χ0v) is 33.0. The van der Waals surface area contributed by atoms with Crippen LogP contribution in [0.1, 0.15) is 104 Å². The van der Waals surface area contributed by atoms with Gasteiger partial charge in [0.25, 0.3) is 5.91 Å². The molecule has 3 aliphatic carbocycles. The van der Waals surface area contributed by atoms with Crippen molar-refractivity contribution < 1.29 is 32.4 Å². The number of piperidine rings is 1. The summed E-state index contributed by atoms with van der Waals surface area (Å²) in [5.41, 5.74) is -0.692. The van der Waals surface area contributed by atoms with Crippen molar-refractivity contribution in [2.45, 2.75) is 127 Å². The smallest absolute Gasteiger partial charge is 0.315 e. The third-order valence-electron chi connectivity index (χ3n) is 11.6. The minimum Gasteiger partial charge on any atom is -0.346 e. The Morgan fingerprint density at radius 2 is 1.60 bits per heavy atom. The quantitative estimate of drug-likeness (QED) is 0.164. The molecule has 0 aromatic heterocycles. The number of sulfone groups is 1. The Kier molecular flexibility index (Phi) is 11.9. The normalized spacial score (nSPS) is 24.9. The van der Waals surface area contributed by atoms with E-state index >= 15 is 0 Å². The van der Waals surface area contributed by atoms with Crippen LogP contribution in [0.3, 0.4) is 0 Å². The predicted octanol–water partition coefficient (Wildman–Crippen LogP) is 4.01.